The van der Waals surface area contributed by atoms with Gasteiger partial charge in [0.1, 0.15) is 5.75 Å². The molecular formula is C14H13ClN4O3. The quantitative estimate of drug-likeness (QED) is 0.826. The third-order valence-corrected chi connectivity index (χ3v) is 3.57. The fraction of sp³-hybridized carbons (Fsp3) is 0.214. The Bertz CT molecular complexity index is 773. The second kappa shape index (κ2) is 5.03. The Kier molecular flexibility index (Phi) is 3.29. The summed E-state index contributed by atoms with van der Waals surface area (Å²) in [5.41, 5.74) is -0.771. The number of carbonyl (C=O) groups excluding carboxylic acids is 2. The van der Waals surface area contributed by atoms with E-state index in [0.717, 1.165) is 0 Å². The van der Waals surface area contributed by atoms with E-state index < -0.39 is 17.4 Å². The summed E-state index contributed by atoms with van der Waals surface area (Å²) in [6, 6.07) is 4.79. The zero-order chi connectivity index (χ0) is 15.9. The Labute approximate surface area is 131 Å². The van der Waals surface area contributed by atoms with Crippen molar-refractivity contribution in [2.24, 2.45) is 7.05 Å². The fourth-order valence-corrected chi connectivity index (χ4v) is 2.25. The van der Waals surface area contributed by atoms with Gasteiger partial charge in [0, 0.05) is 18.3 Å². The van der Waals surface area contributed by atoms with Gasteiger partial charge in [-0.2, -0.15) is 5.10 Å². The molecule has 1 atom stereocenters. The molecule has 2 amide bonds. The maximum atomic E-state index is 12.4. The molecule has 2 aromatic rings. The normalized spacial score (nSPS) is 19.9. The van der Waals surface area contributed by atoms with Gasteiger partial charge in [-0.05, 0) is 25.1 Å². The minimum Gasteiger partial charge on any atom is -0.466 e. The summed E-state index contributed by atoms with van der Waals surface area (Å²) in [5.74, 6) is -0.768. The van der Waals surface area contributed by atoms with E-state index in [1.165, 1.54) is 17.8 Å². The summed E-state index contributed by atoms with van der Waals surface area (Å²) in [4.78, 5) is 24.7. The SMILES string of the molecule is Cn1cc(NC(=O)[C@@]2(C)Oc3ccc(Cl)cc3NC2=O)cn1. The Morgan fingerprint density at radius 1 is 1.50 bits per heavy atom. The first-order chi connectivity index (χ1) is 10.4. The van der Waals surface area contributed by atoms with E-state index in [2.05, 4.69) is 15.7 Å². The van der Waals surface area contributed by atoms with Gasteiger partial charge in [0.05, 0.1) is 17.6 Å². The Morgan fingerprint density at radius 3 is 2.95 bits per heavy atom. The van der Waals surface area contributed by atoms with Crippen LogP contribution in [0.3, 0.4) is 0 Å². The molecule has 7 nitrogen and oxygen atoms in total. The highest BCUT2D eigenvalue weighted by molar-refractivity contribution is 6.31. The molecule has 1 aliphatic rings. The van der Waals surface area contributed by atoms with Crippen LogP contribution in [0.5, 0.6) is 5.75 Å². The number of halogens is 1. The van der Waals surface area contributed by atoms with Gasteiger partial charge in [-0.3, -0.25) is 14.3 Å². The third kappa shape index (κ3) is 2.39. The van der Waals surface area contributed by atoms with Gasteiger partial charge in [0.2, 0.25) is 0 Å². The van der Waals surface area contributed by atoms with Crippen molar-refractivity contribution in [2.45, 2.75) is 12.5 Å². The van der Waals surface area contributed by atoms with Crippen LogP contribution in [0, 0.1) is 0 Å². The van der Waals surface area contributed by atoms with Crippen molar-refractivity contribution < 1.29 is 14.3 Å². The lowest BCUT2D eigenvalue weighted by atomic mass is 10.0. The van der Waals surface area contributed by atoms with Gasteiger partial charge in [-0.25, -0.2) is 0 Å². The van der Waals surface area contributed by atoms with E-state index in [9.17, 15) is 9.59 Å². The van der Waals surface area contributed by atoms with Gasteiger partial charge in [-0.15, -0.1) is 0 Å². The number of carbonyl (C=O) groups is 2. The number of amides is 2. The van der Waals surface area contributed by atoms with E-state index in [0.29, 0.717) is 22.1 Å². The molecule has 2 N–H and O–H groups in total. The van der Waals surface area contributed by atoms with Crippen LogP contribution in [0.1, 0.15) is 6.92 Å². The number of rotatable bonds is 2. The summed E-state index contributed by atoms with van der Waals surface area (Å²) in [7, 11) is 1.72. The average Bonchev–Trinajstić information content (AvgIpc) is 2.86. The molecule has 0 bridgehead atoms. The molecule has 0 saturated carbocycles. The number of nitrogens with zero attached hydrogens (tertiary/aromatic N) is 2. The van der Waals surface area contributed by atoms with Crippen molar-refractivity contribution in [1.82, 2.24) is 9.78 Å². The second-order valence-electron chi connectivity index (χ2n) is 5.09. The minimum atomic E-state index is -1.68. The minimum absolute atomic E-state index is 0.382. The first kappa shape index (κ1) is 14.4. The van der Waals surface area contributed by atoms with Crippen LogP contribution in [0.4, 0.5) is 11.4 Å². The van der Waals surface area contributed by atoms with Crippen molar-refractivity contribution in [2.75, 3.05) is 10.6 Å². The van der Waals surface area contributed by atoms with E-state index >= 15 is 0 Å². The van der Waals surface area contributed by atoms with Crippen LogP contribution in [-0.2, 0) is 16.6 Å². The number of fused-ring (bicyclic) bond motifs is 1. The molecule has 114 valence electrons. The highest BCUT2D eigenvalue weighted by atomic mass is 35.5. The van der Waals surface area contributed by atoms with Crippen LogP contribution in [-0.4, -0.2) is 27.2 Å². The molecule has 3 rings (SSSR count). The lowest BCUT2D eigenvalue weighted by Crippen LogP contribution is -2.56. The number of hydrogen-bond acceptors (Lipinski definition) is 4. The molecule has 0 spiro atoms. The summed E-state index contributed by atoms with van der Waals surface area (Å²) >= 11 is 5.87. The summed E-state index contributed by atoms with van der Waals surface area (Å²) in [6.07, 6.45) is 3.10. The largest absolute Gasteiger partial charge is 0.466 e. The van der Waals surface area contributed by atoms with Crippen LogP contribution in [0.2, 0.25) is 5.02 Å². The zero-order valence-electron chi connectivity index (χ0n) is 11.9. The van der Waals surface area contributed by atoms with Crippen molar-refractivity contribution in [1.29, 1.82) is 0 Å². The predicted octanol–water partition coefficient (Wildman–Crippen LogP) is 1.80. The first-order valence-electron chi connectivity index (χ1n) is 6.48. The number of nitrogens with one attached hydrogen (secondary N) is 2. The molecule has 0 aliphatic carbocycles. The fourth-order valence-electron chi connectivity index (χ4n) is 2.08. The predicted molar refractivity (Wildman–Crippen MR) is 81.0 cm³/mol. The van der Waals surface area contributed by atoms with E-state index in [1.54, 1.807) is 31.4 Å². The molecular weight excluding hydrogens is 308 g/mol. The Hall–Kier alpha value is -2.54. The van der Waals surface area contributed by atoms with E-state index in [4.69, 9.17) is 16.3 Å². The molecule has 0 unspecified atom stereocenters. The van der Waals surface area contributed by atoms with Gasteiger partial charge in [-0.1, -0.05) is 11.6 Å². The maximum Gasteiger partial charge on any atom is 0.278 e. The standard InChI is InChI=1S/C14H13ClN4O3/c1-14(12(20)17-9-6-16-19(2)7-9)13(21)18-10-5-8(15)3-4-11(10)22-14/h3-7H,1-2H3,(H,17,20)(H,18,21)/t14-/m1/s1. The smallest absolute Gasteiger partial charge is 0.278 e. The number of benzene rings is 1. The van der Waals surface area contributed by atoms with E-state index in [-0.39, 0.29) is 0 Å². The number of hydrogen-bond donors (Lipinski definition) is 2. The highest BCUT2D eigenvalue weighted by Gasteiger charge is 2.47. The molecule has 0 radical (unpaired) electrons. The Balaban J connectivity index is 1.87. The molecule has 0 fully saturated rings. The topological polar surface area (TPSA) is 85.3 Å². The second-order valence-corrected chi connectivity index (χ2v) is 5.52. The number of aryl methyl sites for hydroxylation is 1. The molecule has 2 heterocycles. The monoisotopic (exact) mass is 320 g/mol. The lowest BCUT2D eigenvalue weighted by molar-refractivity contribution is -0.143. The van der Waals surface area contributed by atoms with Crippen LogP contribution in [0.25, 0.3) is 0 Å². The van der Waals surface area contributed by atoms with Crippen molar-refractivity contribution >= 4 is 34.8 Å². The third-order valence-electron chi connectivity index (χ3n) is 3.33. The lowest BCUT2D eigenvalue weighted by Gasteiger charge is -2.33. The van der Waals surface area contributed by atoms with Crippen molar-refractivity contribution in [3.05, 3.63) is 35.6 Å². The van der Waals surface area contributed by atoms with Crippen LogP contribution in [0.15, 0.2) is 30.6 Å². The first-order valence-corrected chi connectivity index (χ1v) is 6.86. The molecule has 1 aliphatic heterocycles. The molecule has 22 heavy (non-hydrogen) atoms. The van der Waals surface area contributed by atoms with Crippen molar-refractivity contribution in [3.63, 3.8) is 0 Å². The van der Waals surface area contributed by atoms with Gasteiger partial charge in [0.25, 0.3) is 17.4 Å². The van der Waals surface area contributed by atoms with Gasteiger partial charge < -0.3 is 15.4 Å². The molecule has 8 heteroatoms. The summed E-state index contributed by atoms with van der Waals surface area (Å²) < 4.78 is 7.16. The number of aromatic nitrogens is 2. The van der Waals surface area contributed by atoms with E-state index in [1.807, 2.05) is 0 Å². The average molecular weight is 321 g/mol. The van der Waals surface area contributed by atoms with Crippen LogP contribution >= 0.6 is 11.6 Å². The Morgan fingerprint density at radius 2 is 2.27 bits per heavy atom. The van der Waals surface area contributed by atoms with Crippen molar-refractivity contribution in [3.8, 4) is 5.75 Å². The number of anilines is 2. The summed E-state index contributed by atoms with van der Waals surface area (Å²) in [6.45, 7) is 1.41. The van der Waals surface area contributed by atoms with Gasteiger partial charge in [0.15, 0.2) is 0 Å². The van der Waals surface area contributed by atoms with Gasteiger partial charge >= 0.3 is 0 Å². The molecule has 1 aromatic heterocycles. The maximum absolute atomic E-state index is 12.4. The van der Waals surface area contributed by atoms with Crippen LogP contribution < -0.4 is 15.4 Å². The molecule has 1 aromatic carbocycles. The zero-order valence-corrected chi connectivity index (χ0v) is 12.6. The molecule has 0 saturated heterocycles. The highest BCUT2D eigenvalue weighted by Crippen LogP contribution is 2.35. The summed E-state index contributed by atoms with van der Waals surface area (Å²) in [5, 5.41) is 9.66. The number of ether oxygens (including phenoxy) is 1.